The maximum Gasteiger partial charge on any atom is 0.142 e. The second-order valence-electron chi connectivity index (χ2n) is 7.18. The molecule has 2 aliphatic heterocycles. The van der Waals surface area contributed by atoms with E-state index in [0.29, 0.717) is 0 Å². The number of likely N-dealkylation sites (tertiary alicyclic amines) is 1. The number of amidine groups is 1. The number of anilines is 2. The summed E-state index contributed by atoms with van der Waals surface area (Å²) in [5, 5.41) is 8.30. The number of hydrogen-bond donors (Lipinski definition) is 1. The predicted octanol–water partition coefficient (Wildman–Crippen LogP) is 4.55. The van der Waals surface area contributed by atoms with E-state index in [9.17, 15) is 0 Å². The normalized spacial score (nSPS) is 16.0. The van der Waals surface area contributed by atoms with Crippen molar-refractivity contribution in [2.75, 3.05) is 18.4 Å². The fraction of sp³-hybridized carbons (Fsp3) is 0.273. The second-order valence-corrected chi connectivity index (χ2v) is 7.18. The van der Waals surface area contributed by atoms with Crippen molar-refractivity contribution in [2.24, 2.45) is 4.99 Å². The van der Waals surface area contributed by atoms with E-state index in [1.807, 2.05) is 29.1 Å². The summed E-state index contributed by atoms with van der Waals surface area (Å²) in [6.07, 6.45) is 5.71. The van der Waals surface area contributed by atoms with E-state index in [0.717, 1.165) is 48.2 Å². The molecule has 5 rings (SSSR count). The summed E-state index contributed by atoms with van der Waals surface area (Å²) in [6.45, 7) is 2.85. The van der Waals surface area contributed by atoms with Crippen molar-refractivity contribution in [1.82, 2.24) is 14.7 Å². The van der Waals surface area contributed by atoms with E-state index < -0.39 is 0 Å². The number of hydrogen-bond acceptors (Lipinski definition) is 4. The molecule has 1 fully saturated rings. The lowest BCUT2D eigenvalue weighted by Gasteiger charge is -2.29. The Morgan fingerprint density at radius 3 is 2.52 bits per heavy atom. The van der Waals surface area contributed by atoms with Crippen LogP contribution in [0.2, 0.25) is 0 Å². The zero-order valence-corrected chi connectivity index (χ0v) is 15.3. The molecule has 2 aliphatic rings. The number of rotatable bonds is 2. The van der Waals surface area contributed by atoms with Crippen molar-refractivity contribution in [2.45, 2.75) is 25.8 Å². The predicted molar refractivity (Wildman–Crippen MR) is 109 cm³/mol. The molecule has 5 nitrogen and oxygen atoms in total. The van der Waals surface area contributed by atoms with Gasteiger partial charge in [0.1, 0.15) is 11.7 Å². The van der Waals surface area contributed by atoms with Gasteiger partial charge < -0.3 is 10.2 Å². The van der Waals surface area contributed by atoms with Crippen LogP contribution in [0.25, 0.3) is 0 Å². The third-order valence-corrected chi connectivity index (χ3v) is 5.29. The summed E-state index contributed by atoms with van der Waals surface area (Å²) >= 11 is 0. The molecule has 3 heterocycles. The largest absolute Gasteiger partial charge is 0.356 e. The Bertz CT molecular complexity index is 967. The lowest BCUT2D eigenvalue weighted by atomic mass is 10.1. The van der Waals surface area contributed by atoms with Crippen molar-refractivity contribution in [3.8, 4) is 0 Å². The third-order valence-electron chi connectivity index (χ3n) is 5.29. The van der Waals surface area contributed by atoms with Crippen molar-refractivity contribution >= 4 is 23.0 Å². The SMILES string of the molecule is c1ccc(Cn2ncc3c2Nc2ccccc2N=C3N2CCCCC2)cc1. The molecule has 136 valence electrons. The van der Waals surface area contributed by atoms with Gasteiger partial charge in [-0.15, -0.1) is 0 Å². The molecule has 27 heavy (non-hydrogen) atoms. The molecule has 2 aromatic carbocycles. The summed E-state index contributed by atoms with van der Waals surface area (Å²) in [6, 6.07) is 18.7. The van der Waals surface area contributed by atoms with Crippen molar-refractivity contribution in [3.63, 3.8) is 0 Å². The molecule has 0 atom stereocenters. The number of aliphatic imine (C=N–C) groups is 1. The van der Waals surface area contributed by atoms with Crippen molar-refractivity contribution in [3.05, 3.63) is 71.9 Å². The Balaban J connectivity index is 1.59. The smallest absolute Gasteiger partial charge is 0.142 e. The van der Waals surface area contributed by atoms with Gasteiger partial charge in [0.15, 0.2) is 0 Å². The van der Waals surface area contributed by atoms with Crippen molar-refractivity contribution in [1.29, 1.82) is 0 Å². The van der Waals surface area contributed by atoms with Crippen molar-refractivity contribution < 1.29 is 0 Å². The maximum atomic E-state index is 5.05. The van der Waals surface area contributed by atoms with Gasteiger partial charge in [0.25, 0.3) is 0 Å². The third kappa shape index (κ3) is 3.10. The van der Waals surface area contributed by atoms with E-state index in [2.05, 4.69) is 46.6 Å². The minimum Gasteiger partial charge on any atom is -0.356 e. The van der Waals surface area contributed by atoms with Gasteiger partial charge in [-0.3, -0.25) is 0 Å². The molecule has 0 amide bonds. The minimum absolute atomic E-state index is 0.735. The molecule has 5 heteroatoms. The highest BCUT2D eigenvalue weighted by Crippen LogP contribution is 2.35. The van der Waals surface area contributed by atoms with Crippen LogP contribution in [0.3, 0.4) is 0 Å². The Labute approximate surface area is 159 Å². The van der Waals surface area contributed by atoms with E-state index in [1.54, 1.807) is 0 Å². The number of para-hydroxylation sites is 2. The Morgan fingerprint density at radius 1 is 0.889 bits per heavy atom. The van der Waals surface area contributed by atoms with Gasteiger partial charge in [-0.2, -0.15) is 5.10 Å². The molecular formula is C22H23N5. The molecule has 3 aromatic rings. The quantitative estimate of drug-likeness (QED) is 0.732. The van der Waals surface area contributed by atoms with Gasteiger partial charge in [-0.05, 0) is 37.0 Å². The summed E-state index contributed by atoms with van der Waals surface area (Å²) in [4.78, 5) is 7.47. The highest BCUT2D eigenvalue weighted by Gasteiger charge is 2.25. The Kier molecular flexibility index (Phi) is 4.13. The molecule has 1 saturated heterocycles. The summed E-state index contributed by atoms with van der Waals surface area (Å²) in [5.74, 6) is 2.06. The number of benzene rings is 2. The topological polar surface area (TPSA) is 45.5 Å². The van der Waals surface area contributed by atoms with E-state index in [4.69, 9.17) is 10.1 Å². The maximum absolute atomic E-state index is 5.05. The van der Waals surface area contributed by atoms with Crippen LogP contribution < -0.4 is 5.32 Å². The fourth-order valence-electron chi connectivity index (χ4n) is 3.88. The van der Waals surface area contributed by atoms with Crippen LogP contribution in [-0.4, -0.2) is 33.6 Å². The second kappa shape index (κ2) is 6.91. The van der Waals surface area contributed by atoms with Gasteiger partial charge in [0, 0.05) is 13.1 Å². The van der Waals surface area contributed by atoms with E-state index >= 15 is 0 Å². The molecule has 0 radical (unpaired) electrons. The van der Waals surface area contributed by atoms with Crippen LogP contribution in [0.4, 0.5) is 17.2 Å². The molecule has 0 aliphatic carbocycles. The van der Waals surface area contributed by atoms with Crippen LogP contribution in [0.5, 0.6) is 0 Å². The average Bonchev–Trinajstić information content (AvgIpc) is 3.02. The van der Waals surface area contributed by atoms with Crippen LogP contribution in [0, 0.1) is 0 Å². The zero-order valence-electron chi connectivity index (χ0n) is 15.3. The summed E-state index contributed by atoms with van der Waals surface area (Å²) < 4.78 is 2.05. The van der Waals surface area contributed by atoms with Crippen LogP contribution in [0.15, 0.2) is 65.8 Å². The Morgan fingerprint density at radius 2 is 1.67 bits per heavy atom. The number of fused-ring (bicyclic) bond motifs is 2. The number of nitrogens with zero attached hydrogens (tertiary/aromatic N) is 4. The molecule has 0 bridgehead atoms. The lowest BCUT2D eigenvalue weighted by molar-refractivity contribution is 0.343. The molecule has 0 saturated carbocycles. The lowest BCUT2D eigenvalue weighted by Crippen LogP contribution is -2.36. The fourth-order valence-corrected chi connectivity index (χ4v) is 3.88. The minimum atomic E-state index is 0.735. The first-order chi connectivity index (χ1) is 13.4. The molecule has 0 spiro atoms. The number of aromatic nitrogens is 2. The zero-order chi connectivity index (χ0) is 18.1. The van der Waals surface area contributed by atoms with E-state index in [1.165, 1.54) is 24.8 Å². The number of piperidine rings is 1. The Hall–Kier alpha value is -3.08. The van der Waals surface area contributed by atoms with Crippen LogP contribution >= 0.6 is 0 Å². The average molecular weight is 357 g/mol. The van der Waals surface area contributed by atoms with Gasteiger partial charge in [-0.1, -0.05) is 42.5 Å². The van der Waals surface area contributed by atoms with E-state index in [-0.39, 0.29) is 0 Å². The highest BCUT2D eigenvalue weighted by molar-refractivity contribution is 6.07. The standard InChI is InChI=1S/C22H23N5/c1-3-9-17(10-4-1)16-27-22-18(15-23-27)21(26-13-7-2-8-14-26)24-19-11-5-6-12-20(19)25-22/h1,3-6,9-12,15,25H,2,7-8,13-14,16H2. The van der Waals surface area contributed by atoms with Gasteiger partial charge in [-0.25, -0.2) is 9.67 Å². The molecular weight excluding hydrogens is 334 g/mol. The first-order valence-electron chi connectivity index (χ1n) is 9.68. The van der Waals surface area contributed by atoms with Gasteiger partial charge in [0.2, 0.25) is 0 Å². The molecule has 1 N–H and O–H groups in total. The van der Waals surface area contributed by atoms with Gasteiger partial charge >= 0.3 is 0 Å². The van der Waals surface area contributed by atoms with Crippen LogP contribution in [-0.2, 0) is 6.54 Å². The highest BCUT2D eigenvalue weighted by atomic mass is 15.3. The summed E-state index contributed by atoms with van der Waals surface area (Å²) in [5.41, 5.74) is 4.34. The first-order valence-corrected chi connectivity index (χ1v) is 9.68. The van der Waals surface area contributed by atoms with Gasteiger partial charge in [0.05, 0.1) is 29.7 Å². The summed E-state index contributed by atoms with van der Waals surface area (Å²) in [7, 11) is 0. The van der Waals surface area contributed by atoms with Crippen LogP contribution in [0.1, 0.15) is 30.4 Å². The molecule has 1 aromatic heterocycles. The monoisotopic (exact) mass is 357 g/mol. The number of nitrogens with one attached hydrogen (secondary N) is 1. The molecule has 0 unspecified atom stereocenters. The first kappa shape index (κ1) is 16.1.